The zero-order valence-corrected chi connectivity index (χ0v) is 14.3. The van der Waals surface area contributed by atoms with Gasteiger partial charge in [0, 0.05) is 18.1 Å². The van der Waals surface area contributed by atoms with E-state index in [2.05, 4.69) is 6.92 Å². The fourth-order valence-corrected chi connectivity index (χ4v) is 4.58. The van der Waals surface area contributed by atoms with E-state index >= 15 is 0 Å². The molecule has 1 aromatic rings. The first-order valence-electron chi connectivity index (χ1n) is 7.29. The number of benzene rings is 1. The normalized spacial score (nSPS) is 20.5. The summed E-state index contributed by atoms with van der Waals surface area (Å²) in [5, 5.41) is 0.446. The van der Waals surface area contributed by atoms with Crippen molar-refractivity contribution in [1.82, 2.24) is 4.31 Å². The number of nitrogens with zero attached hydrogens (tertiary/aromatic N) is 1. The smallest absolute Gasteiger partial charge is 0.246 e. The van der Waals surface area contributed by atoms with Gasteiger partial charge in [0.15, 0.2) is 0 Å². The molecule has 21 heavy (non-hydrogen) atoms. The maximum absolute atomic E-state index is 12.9. The van der Waals surface area contributed by atoms with Gasteiger partial charge in [0.2, 0.25) is 10.0 Å². The molecule has 0 amide bonds. The molecule has 0 bridgehead atoms. The van der Waals surface area contributed by atoms with Crippen molar-refractivity contribution in [2.24, 2.45) is 5.92 Å². The second-order valence-corrected chi connectivity index (χ2v) is 7.91. The van der Waals surface area contributed by atoms with Gasteiger partial charge < -0.3 is 4.74 Å². The molecule has 1 aromatic carbocycles. The van der Waals surface area contributed by atoms with Crippen LogP contribution in [0.15, 0.2) is 17.0 Å². The summed E-state index contributed by atoms with van der Waals surface area (Å²) in [5.74, 6) is 0.766. The Balaban J connectivity index is 2.45. The van der Waals surface area contributed by atoms with E-state index in [9.17, 15) is 8.42 Å². The van der Waals surface area contributed by atoms with E-state index in [1.54, 1.807) is 10.4 Å². The Morgan fingerprint density at radius 3 is 2.76 bits per heavy atom. The topological polar surface area (TPSA) is 46.6 Å². The molecule has 0 radical (unpaired) electrons. The van der Waals surface area contributed by atoms with E-state index in [0.717, 1.165) is 18.4 Å². The second kappa shape index (κ2) is 6.55. The zero-order valence-electron chi connectivity index (χ0n) is 12.7. The highest BCUT2D eigenvalue weighted by molar-refractivity contribution is 7.89. The van der Waals surface area contributed by atoms with Crippen molar-refractivity contribution in [2.75, 3.05) is 19.7 Å². The Hall–Kier alpha value is -0.780. The highest BCUT2D eigenvalue weighted by Gasteiger charge is 2.31. The molecule has 0 N–H and O–H groups in total. The SMILES string of the molecule is CCOc1cc(C)c(Cl)cc1S(=O)(=O)N1CCCC(C)C1. The number of hydrogen-bond acceptors (Lipinski definition) is 3. The number of ether oxygens (including phenoxy) is 1. The lowest BCUT2D eigenvalue weighted by Gasteiger charge is -2.30. The summed E-state index contributed by atoms with van der Waals surface area (Å²) in [6.07, 6.45) is 1.96. The van der Waals surface area contributed by atoms with Crippen molar-refractivity contribution in [2.45, 2.75) is 38.5 Å². The number of hydrogen-bond donors (Lipinski definition) is 0. The fourth-order valence-electron chi connectivity index (χ4n) is 2.61. The van der Waals surface area contributed by atoms with E-state index in [4.69, 9.17) is 16.3 Å². The first kappa shape index (κ1) is 16.6. The zero-order chi connectivity index (χ0) is 15.6. The molecule has 0 aliphatic carbocycles. The molecular weight excluding hydrogens is 310 g/mol. The number of piperidine rings is 1. The van der Waals surface area contributed by atoms with Crippen LogP contribution in [-0.4, -0.2) is 32.4 Å². The minimum atomic E-state index is -3.56. The van der Waals surface area contributed by atoms with E-state index in [1.807, 2.05) is 13.8 Å². The third-order valence-corrected chi connectivity index (χ3v) is 6.06. The van der Waals surface area contributed by atoms with Gasteiger partial charge in [-0.1, -0.05) is 18.5 Å². The standard InChI is InChI=1S/C15H22ClNO3S/c1-4-20-14-8-12(3)13(16)9-15(14)21(18,19)17-7-5-6-11(2)10-17/h8-9,11H,4-7,10H2,1-3H3. The summed E-state index contributed by atoms with van der Waals surface area (Å²) in [4.78, 5) is 0.175. The molecule has 1 atom stereocenters. The minimum absolute atomic E-state index is 0.175. The Morgan fingerprint density at radius 1 is 1.43 bits per heavy atom. The van der Waals surface area contributed by atoms with Crippen molar-refractivity contribution in [3.8, 4) is 5.75 Å². The molecule has 1 aliphatic heterocycles. The second-order valence-electron chi connectivity index (χ2n) is 5.59. The molecule has 2 rings (SSSR count). The van der Waals surface area contributed by atoms with Crippen molar-refractivity contribution >= 4 is 21.6 Å². The summed E-state index contributed by atoms with van der Waals surface area (Å²) in [6.45, 7) is 7.28. The first-order valence-corrected chi connectivity index (χ1v) is 9.11. The van der Waals surface area contributed by atoms with Crippen LogP contribution in [0, 0.1) is 12.8 Å². The van der Waals surface area contributed by atoms with Gasteiger partial charge in [-0.3, -0.25) is 0 Å². The summed E-state index contributed by atoms with van der Waals surface area (Å²) in [6, 6.07) is 3.21. The quantitative estimate of drug-likeness (QED) is 0.848. The fraction of sp³-hybridized carbons (Fsp3) is 0.600. The minimum Gasteiger partial charge on any atom is -0.492 e. The van der Waals surface area contributed by atoms with Crippen molar-refractivity contribution in [3.05, 3.63) is 22.7 Å². The van der Waals surface area contributed by atoms with Crippen LogP contribution in [0.25, 0.3) is 0 Å². The average Bonchev–Trinajstić information content (AvgIpc) is 2.42. The largest absolute Gasteiger partial charge is 0.492 e. The van der Waals surface area contributed by atoms with E-state index < -0.39 is 10.0 Å². The van der Waals surface area contributed by atoms with Crippen molar-refractivity contribution in [1.29, 1.82) is 0 Å². The first-order chi connectivity index (χ1) is 9.86. The van der Waals surface area contributed by atoms with Crippen molar-refractivity contribution < 1.29 is 13.2 Å². The Bertz CT molecular complexity index is 616. The van der Waals surface area contributed by atoms with Crippen LogP contribution in [-0.2, 0) is 10.0 Å². The van der Waals surface area contributed by atoms with Crippen LogP contribution >= 0.6 is 11.6 Å². The third kappa shape index (κ3) is 3.52. The number of rotatable bonds is 4. The van der Waals surface area contributed by atoms with Crippen LogP contribution in [0.2, 0.25) is 5.02 Å². The van der Waals surface area contributed by atoms with Gasteiger partial charge in [0.25, 0.3) is 0 Å². The number of halogens is 1. The molecule has 1 saturated heterocycles. The van der Waals surface area contributed by atoms with E-state index in [0.29, 0.717) is 36.4 Å². The Labute approximate surface area is 132 Å². The summed E-state index contributed by atoms with van der Waals surface area (Å²) < 4.78 is 32.8. The molecule has 1 unspecified atom stereocenters. The predicted molar refractivity (Wildman–Crippen MR) is 84.5 cm³/mol. The lowest BCUT2D eigenvalue weighted by Crippen LogP contribution is -2.39. The number of sulfonamides is 1. The van der Waals surface area contributed by atoms with Crippen LogP contribution in [0.1, 0.15) is 32.3 Å². The molecule has 0 saturated carbocycles. The summed E-state index contributed by atoms with van der Waals surface area (Å²) in [5.41, 5.74) is 0.811. The average molecular weight is 332 g/mol. The van der Waals surface area contributed by atoms with Gasteiger partial charge in [-0.05, 0) is 50.3 Å². The molecule has 0 spiro atoms. The highest BCUT2D eigenvalue weighted by Crippen LogP contribution is 2.33. The molecule has 1 aliphatic rings. The molecule has 4 nitrogen and oxygen atoms in total. The molecule has 1 fully saturated rings. The van der Waals surface area contributed by atoms with Gasteiger partial charge in [0.1, 0.15) is 10.6 Å². The van der Waals surface area contributed by atoms with Gasteiger partial charge in [0.05, 0.1) is 6.61 Å². The monoisotopic (exact) mass is 331 g/mol. The van der Waals surface area contributed by atoms with Gasteiger partial charge in [-0.25, -0.2) is 8.42 Å². The van der Waals surface area contributed by atoms with Crippen LogP contribution < -0.4 is 4.74 Å². The lowest BCUT2D eigenvalue weighted by molar-refractivity contribution is 0.278. The molecule has 0 aromatic heterocycles. The lowest BCUT2D eigenvalue weighted by atomic mass is 10.0. The van der Waals surface area contributed by atoms with Crippen LogP contribution in [0.3, 0.4) is 0 Å². The Kier molecular flexibility index (Phi) is 5.17. The van der Waals surface area contributed by atoms with Crippen molar-refractivity contribution in [3.63, 3.8) is 0 Å². The van der Waals surface area contributed by atoms with Gasteiger partial charge >= 0.3 is 0 Å². The van der Waals surface area contributed by atoms with E-state index in [-0.39, 0.29) is 4.90 Å². The third-order valence-electron chi connectivity index (χ3n) is 3.76. The molecule has 118 valence electrons. The molecular formula is C15H22ClNO3S. The number of aryl methyl sites for hydroxylation is 1. The van der Waals surface area contributed by atoms with E-state index in [1.165, 1.54) is 6.07 Å². The predicted octanol–water partition coefficient (Wildman–Crippen LogP) is 3.47. The van der Waals surface area contributed by atoms with Crippen LogP contribution in [0.5, 0.6) is 5.75 Å². The van der Waals surface area contributed by atoms with Gasteiger partial charge in [-0.2, -0.15) is 4.31 Å². The highest BCUT2D eigenvalue weighted by atomic mass is 35.5. The maximum atomic E-state index is 12.9. The summed E-state index contributed by atoms with van der Waals surface area (Å²) >= 11 is 6.12. The van der Waals surface area contributed by atoms with Crippen LogP contribution in [0.4, 0.5) is 0 Å². The molecule has 1 heterocycles. The Morgan fingerprint density at radius 2 is 2.14 bits per heavy atom. The van der Waals surface area contributed by atoms with Gasteiger partial charge in [-0.15, -0.1) is 0 Å². The maximum Gasteiger partial charge on any atom is 0.246 e. The molecule has 6 heteroatoms. The summed E-state index contributed by atoms with van der Waals surface area (Å²) in [7, 11) is -3.56.